The molecule has 4 heteroatoms. The summed E-state index contributed by atoms with van der Waals surface area (Å²) >= 11 is 0. The maximum Gasteiger partial charge on any atom is 0.144 e. The third-order valence-corrected chi connectivity index (χ3v) is 5.04. The number of nitrogen functional groups attached to an aromatic ring is 1. The molecule has 0 aliphatic carbocycles. The number of hydrogen-bond donors (Lipinski definition) is 1. The fourth-order valence-electron chi connectivity index (χ4n) is 3.70. The van der Waals surface area contributed by atoms with Crippen LogP contribution in [0.15, 0.2) is 18.2 Å². The largest absolute Gasteiger partial charge is 0.489 e. The fraction of sp³-hybridized carbons (Fsp3) is 0.684. The van der Waals surface area contributed by atoms with Crippen molar-refractivity contribution in [3.63, 3.8) is 0 Å². The van der Waals surface area contributed by atoms with Gasteiger partial charge in [0, 0.05) is 18.3 Å². The lowest BCUT2D eigenvalue weighted by atomic mass is 10.1. The van der Waals surface area contributed by atoms with E-state index in [0.717, 1.165) is 31.1 Å². The van der Waals surface area contributed by atoms with Crippen molar-refractivity contribution in [2.45, 2.75) is 44.9 Å². The third kappa shape index (κ3) is 4.77. The molecule has 0 aromatic heterocycles. The molecule has 0 saturated carbocycles. The first-order valence-electron chi connectivity index (χ1n) is 9.32. The summed E-state index contributed by atoms with van der Waals surface area (Å²) in [5.74, 6) is 0.946. The average molecular weight is 317 g/mol. The van der Waals surface area contributed by atoms with E-state index in [1.54, 1.807) is 0 Å². The van der Waals surface area contributed by atoms with Crippen molar-refractivity contribution >= 4 is 11.4 Å². The molecule has 4 nitrogen and oxygen atoms in total. The van der Waals surface area contributed by atoms with E-state index in [0.29, 0.717) is 0 Å². The Kier molecular flexibility index (Phi) is 6.03. The summed E-state index contributed by atoms with van der Waals surface area (Å²) in [6, 6.07) is 6.01. The summed E-state index contributed by atoms with van der Waals surface area (Å²) in [7, 11) is 0. The summed E-state index contributed by atoms with van der Waals surface area (Å²) in [6.45, 7) is 6.85. The Morgan fingerprint density at radius 2 is 1.70 bits per heavy atom. The highest BCUT2D eigenvalue weighted by atomic mass is 16.5. The van der Waals surface area contributed by atoms with E-state index in [1.807, 2.05) is 12.1 Å². The van der Waals surface area contributed by atoms with Crippen LogP contribution in [0.3, 0.4) is 0 Å². The van der Waals surface area contributed by atoms with Gasteiger partial charge in [0.25, 0.3) is 0 Å². The molecule has 1 aromatic carbocycles. The molecule has 0 spiro atoms. The molecule has 2 aliphatic rings. The van der Waals surface area contributed by atoms with Crippen LogP contribution in [0.1, 0.15) is 44.9 Å². The van der Waals surface area contributed by atoms with E-state index < -0.39 is 0 Å². The number of nitrogens with two attached hydrogens (primary N) is 1. The molecule has 0 amide bonds. The topological polar surface area (TPSA) is 41.7 Å². The molecule has 2 aliphatic heterocycles. The number of likely N-dealkylation sites (tertiary alicyclic amines) is 1. The van der Waals surface area contributed by atoms with Gasteiger partial charge < -0.3 is 20.3 Å². The van der Waals surface area contributed by atoms with Crippen LogP contribution in [0.25, 0.3) is 0 Å². The summed E-state index contributed by atoms with van der Waals surface area (Å²) < 4.78 is 5.72. The van der Waals surface area contributed by atoms with E-state index in [4.69, 9.17) is 10.5 Å². The molecular weight excluding hydrogens is 286 g/mol. The number of unbranched alkanes of at least 4 members (excludes halogenated alkanes) is 3. The first-order valence-corrected chi connectivity index (χ1v) is 9.32. The minimum absolute atomic E-state index is 0.769. The Balaban J connectivity index is 1.33. The Hall–Kier alpha value is -1.42. The Morgan fingerprint density at radius 3 is 2.52 bits per heavy atom. The minimum atomic E-state index is 0.769. The summed E-state index contributed by atoms with van der Waals surface area (Å²) in [6.07, 6.45) is 9.55. The minimum Gasteiger partial charge on any atom is -0.489 e. The molecule has 0 radical (unpaired) electrons. The monoisotopic (exact) mass is 317 g/mol. The first-order chi connectivity index (χ1) is 11.3. The second kappa shape index (κ2) is 8.44. The van der Waals surface area contributed by atoms with Gasteiger partial charge in [-0.3, -0.25) is 0 Å². The van der Waals surface area contributed by atoms with Crippen LogP contribution in [0.4, 0.5) is 11.4 Å². The zero-order valence-electron chi connectivity index (χ0n) is 14.3. The van der Waals surface area contributed by atoms with E-state index >= 15 is 0 Å². The van der Waals surface area contributed by atoms with Gasteiger partial charge in [-0.2, -0.15) is 0 Å². The maximum absolute atomic E-state index is 5.84. The van der Waals surface area contributed by atoms with Gasteiger partial charge in [-0.05, 0) is 57.5 Å². The van der Waals surface area contributed by atoms with Crippen molar-refractivity contribution in [3.05, 3.63) is 18.2 Å². The van der Waals surface area contributed by atoms with Crippen LogP contribution in [-0.2, 0) is 0 Å². The predicted octanol–water partition coefficient (Wildman–Crippen LogP) is 3.51. The number of fused-ring (bicyclic) bond motifs is 1. The van der Waals surface area contributed by atoms with Crippen molar-refractivity contribution in [1.82, 2.24) is 4.90 Å². The quantitative estimate of drug-likeness (QED) is 0.617. The zero-order chi connectivity index (χ0) is 15.9. The van der Waals surface area contributed by atoms with Crippen LogP contribution in [0.5, 0.6) is 5.75 Å². The van der Waals surface area contributed by atoms with Gasteiger partial charge in [-0.15, -0.1) is 0 Å². The smallest absolute Gasteiger partial charge is 0.144 e. The molecule has 0 unspecified atom stereocenters. The van der Waals surface area contributed by atoms with Crippen LogP contribution >= 0.6 is 0 Å². The molecule has 3 rings (SSSR count). The Labute approximate surface area is 140 Å². The van der Waals surface area contributed by atoms with Crippen molar-refractivity contribution in [1.29, 1.82) is 0 Å². The molecule has 23 heavy (non-hydrogen) atoms. The number of piperidine rings is 1. The molecule has 0 bridgehead atoms. The van der Waals surface area contributed by atoms with Gasteiger partial charge in [-0.25, -0.2) is 0 Å². The molecule has 1 saturated heterocycles. The molecular formula is C19H31N3O. The standard InChI is InChI=1S/C19H31N3O/c20-17-8-9-18-19(16-17)23-15-14-22(18)13-7-2-1-4-10-21-11-5-3-6-12-21/h8-9,16H,1-7,10-15,20H2. The van der Waals surface area contributed by atoms with Crippen LogP contribution in [0, 0.1) is 0 Å². The van der Waals surface area contributed by atoms with E-state index in [2.05, 4.69) is 15.9 Å². The first kappa shape index (κ1) is 16.4. The van der Waals surface area contributed by atoms with Gasteiger partial charge in [0.05, 0.1) is 12.2 Å². The number of benzene rings is 1. The fourth-order valence-corrected chi connectivity index (χ4v) is 3.70. The predicted molar refractivity (Wildman–Crippen MR) is 97.3 cm³/mol. The molecule has 128 valence electrons. The van der Waals surface area contributed by atoms with Crippen LogP contribution < -0.4 is 15.4 Å². The van der Waals surface area contributed by atoms with Gasteiger partial charge >= 0.3 is 0 Å². The summed E-state index contributed by atoms with van der Waals surface area (Å²) in [5, 5.41) is 0. The van der Waals surface area contributed by atoms with E-state index in [-0.39, 0.29) is 0 Å². The van der Waals surface area contributed by atoms with E-state index in [9.17, 15) is 0 Å². The Morgan fingerprint density at radius 1 is 0.913 bits per heavy atom. The maximum atomic E-state index is 5.84. The van der Waals surface area contributed by atoms with Crippen LogP contribution in [-0.4, -0.2) is 44.2 Å². The molecule has 1 fully saturated rings. The highest BCUT2D eigenvalue weighted by Gasteiger charge is 2.17. The SMILES string of the molecule is Nc1ccc2c(c1)OCCN2CCCCCCN1CCCCC1. The number of anilines is 2. The normalized spacial score (nSPS) is 18.5. The second-order valence-electron chi connectivity index (χ2n) is 6.88. The Bertz CT molecular complexity index is 486. The van der Waals surface area contributed by atoms with E-state index in [1.165, 1.54) is 70.3 Å². The van der Waals surface area contributed by atoms with Gasteiger partial charge in [0.1, 0.15) is 12.4 Å². The lowest BCUT2D eigenvalue weighted by Crippen LogP contribution is -2.33. The highest BCUT2D eigenvalue weighted by Crippen LogP contribution is 2.33. The molecule has 0 atom stereocenters. The van der Waals surface area contributed by atoms with Crippen LogP contribution in [0.2, 0.25) is 0 Å². The van der Waals surface area contributed by atoms with Gasteiger partial charge in [0.15, 0.2) is 0 Å². The number of hydrogen-bond acceptors (Lipinski definition) is 4. The molecule has 2 N–H and O–H groups in total. The highest BCUT2D eigenvalue weighted by molar-refractivity contribution is 5.64. The molecule has 2 heterocycles. The van der Waals surface area contributed by atoms with Crippen molar-refractivity contribution in [2.75, 3.05) is 50.0 Å². The number of rotatable bonds is 7. The number of ether oxygens (including phenoxy) is 1. The lowest BCUT2D eigenvalue weighted by molar-refractivity contribution is 0.224. The lowest BCUT2D eigenvalue weighted by Gasteiger charge is -2.31. The second-order valence-corrected chi connectivity index (χ2v) is 6.88. The zero-order valence-corrected chi connectivity index (χ0v) is 14.3. The van der Waals surface area contributed by atoms with Gasteiger partial charge in [-0.1, -0.05) is 19.3 Å². The van der Waals surface area contributed by atoms with Crippen molar-refractivity contribution < 1.29 is 4.74 Å². The summed E-state index contributed by atoms with van der Waals surface area (Å²) in [5.41, 5.74) is 7.83. The number of nitrogens with zero attached hydrogens (tertiary/aromatic N) is 2. The van der Waals surface area contributed by atoms with Crippen molar-refractivity contribution in [2.24, 2.45) is 0 Å². The average Bonchev–Trinajstić information content (AvgIpc) is 2.58. The van der Waals surface area contributed by atoms with Gasteiger partial charge in [0.2, 0.25) is 0 Å². The molecule has 1 aromatic rings. The summed E-state index contributed by atoms with van der Waals surface area (Å²) in [4.78, 5) is 5.09. The van der Waals surface area contributed by atoms with Crippen molar-refractivity contribution in [3.8, 4) is 5.75 Å². The third-order valence-electron chi connectivity index (χ3n) is 5.04.